The van der Waals surface area contributed by atoms with Crippen LogP contribution >= 0.6 is 12.4 Å². The number of methoxy groups -OCH3 is 2. The molecule has 7 nitrogen and oxygen atoms in total. The van der Waals surface area contributed by atoms with Crippen molar-refractivity contribution in [2.75, 3.05) is 25.7 Å². The van der Waals surface area contributed by atoms with Gasteiger partial charge in [0, 0.05) is 36.7 Å². The van der Waals surface area contributed by atoms with Gasteiger partial charge in [-0.25, -0.2) is 0 Å². The van der Waals surface area contributed by atoms with Crippen molar-refractivity contribution in [3.05, 3.63) is 18.2 Å². The van der Waals surface area contributed by atoms with E-state index in [-0.39, 0.29) is 36.2 Å². The first-order chi connectivity index (χ1) is 12.0. The van der Waals surface area contributed by atoms with Gasteiger partial charge in [0.2, 0.25) is 11.8 Å². The molecule has 26 heavy (non-hydrogen) atoms. The third-order valence-corrected chi connectivity index (χ3v) is 5.01. The largest absolute Gasteiger partial charge is 0.497 e. The molecule has 3 unspecified atom stereocenters. The van der Waals surface area contributed by atoms with Crippen molar-refractivity contribution in [3.63, 3.8) is 0 Å². The molecule has 1 aromatic carbocycles. The fourth-order valence-corrected chi connectivity index (χ4v) is 3.56. The van der Waals surface area contributed by atoms with E-state index in [0.717, 1.165) is 12.8 Å². The van der Waals surface area contributed by atoms with Crippen LogP contribution in [0.25, 0.3) is 0 Å². The van der Waals surface area contributed by atoms with Crippen molar-refractivity contribution in [3.8, 4) is 11.5 Å². The highest BCUT2D eigenvalue weighted by atomic mass is 35.5. The predicted octanol–water partition coefficient (Wildman–Crippen LogP) is 1.47. The van der Waals surface area contributed by atoms with Gasteiger partial charge in [0.05, 0.1) is 19.9 Å². The molecule has 3 atom stereocenters. The molecule has 1 aromatic rings. The Labute approximate surface area is 159 Å². The number of rotatable bonds is 5. The fourth-order valence-electron chi connectivity index (χ4n) is 3.56. The molecular weight excluding hydrogens is 358 g/mol. The number of carbonyl (C=O) groups is 2. The van der Waals surface area contributed by atoms with Crippen LogP contribution in [0.4, 0.5) is 5.69 Å². The number of nitrogens with zero attached hydrogens (tertiary/aromatic N) is 1. The normalized spacial score (nSPS) is 25.0. The summed E-state index contributed by atoms with van der Waals surface area (Å²) in [6.45, 7) is 0.546. The average molecular weight is 384 g/mol. The number of amides is 2. The van der Waals surface area contributed by atoms with Crippen molar-refractivity contribution < 1.29 is 19.1 Å². The van der Waals surface area contributed by atoms with Gasteiger partial charge in [0.1, 0.15) is 17.5 Å². The topological polar surface area (TPSA) is 93.9 Å². The molecule has 8 heteroatoms. The lowest BCUT2D eigenvalue weighted by molar-refractivity contribution is -0.129. The monoisotopic (exact) mass is 383 g/mol. The quantitative estimate of drug-likeness (QED) is 0.803. The number of nitrogens with two attached hydrogens (primary N) is 1. The minimum Gasteiger partial charge on any atom is -0.497 e. The molecule has 3 N–H and O–H groups in total. The Balaban J connectivity index is 0.00000243. The summed E-state index contributed by atoms with van der Waals surface area (Å²) < 4.78 is 10.5. The van der Waals surface area contributed by atoms with Crippen LogP contribution in [0.5, 0.6) is 11.5 Å². The molecule has 0 aromatic heterocycles. The Morgan fingerprint density at radius 1 is 1.15 bits per heavy atom. The lowest BCUT2D eigenvalue weighted by atomic mass is 10.1. The highest BCUT2D eigenvalue weighted by Gasteiger charge is 2.36. The minimum atomic E-state index is -0.485. The van der Waals surface area contributed by atoms with E-state index in [0.29, 0.717) is 36.6 Å². The number of ether oxygens (including phenoxy) is 2. The molecule has 2 amide bonds. The minimum absolute atomic E-state index is 0. The van der Waals surface area contributed by atoms with Crippen LogP contribution in [0.2, 0.25) is 0 Å². The maximum atomic E-state index is 12.7. The molecule has 3 rings (SSSR count). The summed E-state index contributed by atoms with van der Waals surface area (Å²) >= 11 is 0. The van der Waals surface area contributed by atoms with Crippen LogP contribution in [0.3, 0.4) is 0 Å². The van der Waals surface area contributed by atoms with E-state index < -0.39 is 6.04 Å². The maximum Gasteiger partial charge on any atom is 0.249 e. The zero-order valence-electron chi connectivity index (χ0n) is 15.1. The second-order valence-corrected chi connectivity index (χ2v) is 6.68. The number of nitrogens with one attached hydrogen (secondary N) is 1. The van der Waals surface area contributed by atoms with Crippen LogP contribution in [0.15, 0.2) is 18.2 Å². The van der Waals surface area contributed by atoms with E-state index in [2.05, 4.69) is 5.32 Å². The predicted molar refractivity (Wildman–Crippen MR) is 101 cm³/mol. The van der Waals surface area contributed by atoms with E-state index in [4.69, 9.17) is 15.2 Å². The van der Waals surface area contributed by atoms with E-state index >= 15 is 0 Å². The SMILES string of the molecule is COc1cc(OC)cc(N2CCC(NC(=O)C3CCC(N)C3)C2=O)c1.Cl. The van der Waals surface area contributed by atoms with Gasteiger partial charge in [-0.05, 0) is 25.7 Å². The van der Waals surface area contributed by atoms with Crippen LogP contribution in [0, 0.1) is 5.92 Å². The maximum absolute atomic E-state index is 12.7. The molecular formula is C18H26ClN3O4. The van der Waals surface area contributed by atoms with Gasteiger partial charge in [-0.15, -0.1) is 12.4 Å². The van der Waals surface area contributed by atoms with Crippen molar-refractivity contribution in [1.29, 1.82) is 0 Å². The summed E-state index contributed by atoms with van der Waals surface area (Å²) in [5.41, 5.74) is 6.58. The van der Waals surface area contributed by atoms with Crippen molar-refractivity contribution in [2.45, 2.75) is 37.8 Å². The molecule has 1 aliphatic carbocycles. The number of halogens is 1. The molecule has 1 saturated carbocycles. The first-order valence-electron chi connectivity index (χ1n) is 8.62. The molecule has 1 heterocycles. The summed E-state index contributed by atoms with van der Waals surface area (Å²) in [5, 5.41) is 2.90. The van der Waals surface area contributed by atoms with Crippen LogP contribution in [-0.4, -0.2) is 44.7 Å². The average Bonchev–Trinajstić information content (AvgIpc) is 3.21. The summed E-state index contributed by atoms with van der Waals surface area (Å²) in [7, 11) is 3.14. The van der Waals surface area contributed by atoms with E-state index in [1.165, 1.54) is 0 Å². The van der Waals surface area contributed by atoms with Crippen LogP contribution in [0.1, 0.15) is 25.7 Å². The van der Waals surface area contributed by atoms with Gasteiger partial charge in [0.15, 0.2) is 0 Å². The standard InChI is InChI=1S/C18H25N3O4.ClH/c1-24-14-8-13(9-15(10-14)25-2)21-6-5-16(18(21)23)20-17(22)11-3-4-12(19)7-11;/h8-12,16H,3-7,19H2,1-2H3,(H,20,22);1H. The summed E-state index contributed by atoms with van der Waals surface area (Å²) in [4.78, 5) is 26.7. The Morgan fingerprint density at radius 2 is 1.81 bits per heavy atom. The van der Waals surface area contributed by atoms with E-state index in [1.54, 1.807) is 37.3 Å². The Morgan fingerprint density at radius 3 is 2.35 bits per heavy atom. The molecule has 1 saturated heterocycles. The molecule has 0 radical (unpaired) electrons. The number of carbonyl (C=O) groups excluding carboxylic acids is 2. The van der Waals surface area contributed by atoms with Gasteiger partial charge >= 0.3 is 0 Å². The van der Waals surface area contributed by atoms with Crippen molar-refractivity contribution in [1.82, 2.24) is 5.32 Å². The Hall–Kier alpha value is -1.99. The molecule has 2 fully saturated rings. The van der Waals surface area contributed by atoms with E-state index in [1.807, 2.05) is 0 Å². The van der Waals surface area contributed by atoms with E-state index in [9.17, 15) is 9.59 Å². The highest BCUT2D eigenvalue weighted by Crippen LogP contribution is 2.31. The van der Waals surface area contributed by atoms with Crippen LogP contribution < -0.4 is 25.4 Å². The first kappa shape index (κ1) is 20.3. The van der Waals surface area contributed by atoms with Gasteiger partial charge in [-0.2, -0.15) is 0 Å². The van der Waals surface area contributed by atoms with Crippen LogP contribution in [-0.2, 0) is 9.59 Å². The summed E-state index contributed by atoms with van der Waals surface area (Å²) in [6, 6.07) is 4.95. The third-order valence-electron chi connectivity index (χ3n) is 5.01. The first-order valence-corrected chi connectivity index (χ1v) is 8.62. The third kappa shape index (κ3) is 4.22. The summed E-state index contributed by atoms with van der Waals surface area (Å²) in [6.07, 6.45) is 2.95. The van der Waals surface area contributed by atoms with Gasteiger partial charge in [0.25, 0.3) is 0 Å². The molecule has 0 bridgehead atoms. The molecule has 1 aliphatic heterocycles. The Kier molecular flexibility index (Phi) is 6.72. The Bertz CT molecular complexity index is 648. The smallest absolute Gasteiger partial charge is 0.249 e. The fraction of sp³-hybridized carbons (Fsp3) is 0.556. The number of benzene rings is 1. The number of anilines is 1. The zero-order chi connectivity index (χ0) is 18.0. The number of hydrogen-bond donors (Lipinski definition) is 2. The van der Waals surface area contributed by atoms with Crippen molar-refractivity contribution in [2.24, 2.45) is 11.7 Å². The zero-order valence-corrected chi connectivity index (χ0v) is 15.9. The summed E-state index contributed by atoms with van der Waals surface area (Å²) in [5.74, 6) is 1.00. The van der Waals surface area contributed by atoms with Gasteiger partial charge < -0.3 is 25.4 Å². The molecule has 0 spiro atoms. The van der Waals surface area contributed by atoms with Gasteiger partial charge in [-0.1, -0.05) is 0 Å². The second kappa shape index (κ2) is 8.60. The lowest BCUT2D eigenvalue weighted by Crippen LogP contribution is -2.43. The second-order valence-electron chi connectivity index (χ2n) is 6.68. The van der Waals surface area contributed by atoms with Crippen molar-refractivity contribution >= 4 is 29.9 Å². The van der Waals surface area contributed by atoms with Gasteiger partial charge in [-0.3, -0.25) is 9.59 Å². The highest BCUT2D eigenvalue weighted by molar-refractivity contribution is 6.01. The molecule has 144 valence electrons. The molecule has 2 aliphatic rings. The lowest BCUT2D eigenvalue weighted by Gasteiger charge is -2.19. The number of hydrogen-bond acceptors (Lipinski definition) is 5.